The van der Waals surface area contributed by atoms with Gasteiger partial charge in [0.2, 0.25) is 15.9 Å². The van der Waals surface area contributed by atoms with Crippen LogP contribution in [0.5, 0.6) is 0 Å². The average Bonchev–Trinajstić information content (AvgIpc) is 2.57. The smallest absolute Gasteiger partial charge is 0.232 e. The molecule has 0 aliphatic carbocycles. The molecule has 0 saturated heterocycles. The van der Waals surface area contributed by atoms with Gasteiger partial charge in [-0.1, -0.05) is 48.5 Å². The van der Waals surface area contributed by atoms with Crippen LogP contribution in [0.25, 0.3) is 0 Å². The number of carbonyl (C=O) groups excluding carboxylic acids is 1. The van der Waals surface area contributed by atoms with Crippen molar-refractivity contribution in [3.63, 3.8) is 0 Å². The normalized spacial score (nSPS) is 11.0. The molecule has 0 saturated carbocycles. The zero-order valence-corrected chi connectivity index (χ0v) is 14.5. The molecule has 2 aromatic rings. The molecule has 0 spiro atoms. The Hall–Kier alpha value is -2.34. The molecular weight excluding hydrogens is 324 g/mol. The fourth-order valence-corrected chi connectivity index (χ4v) is 3.31. The van der Waals surface area contributed by atoms with Crippen LogP contribution >= 0.6 is 0 Å². The number of anilines is 1. The molecule has 0 heterocycles. The second kappa shape index (κ2) is 8.49. The standard InChI is InChI=1S/C18H22N2O3S/c1-24(22,23)20(17-11-6-3-7-12-17)14-8-13-18(21)19-15-16-9-4-2-5-10-16/h2-7,9-12H,8,13-15H2,1H3,(H,19,21). The van der Waals surface area contributed by atoms with Gasteiger partial charge in [-0.05, 0) is 24.1 Å². The summed E-state index contributed by atoms with van der Waals surface area (Å²) in [6.07, 6.45) is 1.92. The van der Waals surface area contributed by atoms with E-state index in [1.54, 1.807) is 24.3 Å². The Morgan fingerprint density at radius 3 is 2.17 bits per heavy atom. The Morgan fingerprint density at radius 2 is 1.58 bits per heavy atom. The minimum absolute atomic E-state index is 0.0830. The predicted octanol–water partition coefficient (Wildman–Crippen LogP) is 2.55. The Morgan fingerprint density at radius 1 is 1.00 bits per heavy atom. The number of carbonyl (C=O) groups is 1. The summed E-state index contributed by atoms with van der Waals surface area (Å²) >= 11 is 0. The van der Waals surface area contributed by atoms with Gasteiger partial charge in [0.05, 0.1) is 11.9 Å². The maximum atomic E-state index is 11.9. The lowest BCUT2D eigenvalue weighted by molar-refractivity contribution is -0.121. The lowest BCUT2D eigenvalue weighted by Gasteiger charge is -2.22. The van der Waals surface area contributed by atoms with Crippen LogP contribution in [-0.4, -0.2) is 27.1 Å². The van der Waals surface area contributed by atoms with Crippen molar-refractivity contribution in [1.82, 2.24) is 5.32 Å². The third-order valence-electron chi connectivity index (χ3n) is 3.54. The van der Waals surface area contributed by atoms with Gasteiger partial charge in [0.15, 0.2) is 0 Å². The summed E-state index contributed by atoms with van der Waals surface area (Å²) in [7, 11) is -3.37. The first-order chi connectivity index (χ1) is 11.5. The van der Waals surface area contributed by atoms with Gasteiger partial charge in [0, 0.05) is 19.5 Å². The van der Waals surface area contributed by atoms with Crippen molar-refractivity contribution in [2.24, 2.45) is 0 Å². The van der Waals surface area contributed by atoms with Crippen LogP contribution in [0.3, 0.4) is 0 Å². The zero-order chi connectivity index (χ0) is 17.4. The van der Waals surface area contributed by atoms with E-state index in [1.165, 1.54) is 10.6 Å². The summed E-state index contributed by atoms with van der Waals surface area (Å²) in [5, 5.41) is 2.84. The zero-order valence-electron chi connectivity index (χ0n) is 13.7. The second-order valence-corrected chi connectivity index (χ2v) is 7.44. The van der Waals surface area contributed by atoms with Crippen molar-refractivity contribution in [3.8, 4) is 0 Å². The van der Waals surface area contributed by atoms with E-state index >= 15 is 0 Å². The molecule has 0 radical (unpaired) electrons. The molecule has 0 aliphatic rings. The molecule has 128 valence electrons. The van der Waals surface area contributed by atoms with Crippen molar-refractivity contribution in [3.05, 3.63) is 66.2 Å². The topological polar surface area (TPSA) is 66.5 Å². The largest absolute Gasteiger partial charge is 0.352 e. The Bertz CT molecular complexity index is 746. The molecule has 0 atom stereocenters. The maximum absolute atomic E-state index is 11.9. The molecule has 0 bridgehead atoms. The number of amides is 1. The van der Waals surface area contributed by atoms with Crippen molar-refractivity contribution < 1.29 is 13.2 Å². The number of rotatable bonds is 8. The van der Waals surface area contributed by atoms with E-state index in [-0.39, 0.29) is 18.9 Å². The second-order valence-electron chi connectivity index (χ2n) is 5.54. The van der Waals surface area contributed by atoms with Crippen LogP contribution in [-0.2, 0) is 21.4 Å². The molecule has 5 nitrogen and oxygen atoms in total. The predicted molar refractivity (Wildman–Crippen MR) is 96.2 cm³/mol. The van der Waals surface area contributed by atoms with E-state index in [2.05, 4.69) is 5.32 Å². The van der Waals surface area contributed by atoms with E-state index in [0.29, 0.717) is 18.7 Å². The van der Waals surface area contributed by atoms with E-state index in [0.717, 1.165) is 5.56 Å². The number of nitrogens with one attached hydrogen (secondary N) is 1. The molecule has 2 aromatic carbocycles. The van der Waals surface area contributed by atoms with Crippen molar-refractivity contribution >= 4 is 21.6 Å². The number of sulfonamides is 1. The molecule has 0 aromatic heterocycles. The third-order valence-corrected chi connectivity index (χ3v) is 4.74. The summed E-state index contributed by atoms with van der Waals surface area (Å²) in [6.45, 7) is 0.760. The van der Waals surface area contributed by atoms with Gasteiger partial charge in [-0.3, -0.25) is 9.10 Å². The molecular formula is C18H22N2O3S. The first kappa shape index (κ1) is 18.0. The summed E-state index contributed by atoms with van der Waals surface area (Å²) in [5.74, 6) is -0.0830. The monoisotopic (exact) mass is 346 g/mol. The number of nitrogens with zero attached hydrogens (tertiary/aromatic N) is 1. The van der Waals surface area contributed by atoms with Gasteiger partial charge in [-0.25, -0.2) is 8.42 Å². The van der Waals surface area contributed by atoms with E-state index in [9.17, 15) is 13.2 Å². The minimum Gasteiger partial charge on any atom is -0.352 e. The molecule has 6 heteroatoms. The fourth-order valence-electron chi connectivity index (χ4n) is 2.35. The first-order valence-electron chi connectivity index (χ1n) is 7.80. The van der Waals surface area contributed by atoms with Crippen molar-refractivity contribution in [2.75, 3.05) is 17.1 Å². The van der Waals surface area contributed by atoms with Gasteiger partial charge in [0.25, 0.3) is 0 Å². The molecule has 2 rings (SSSR count). The van der Waals surface area contributed by atoms with Crippen LogP contribution in [0.4, 0.5) is 5.69 Å². The van der Waals surface area contributed by atoms with Crippen LogP contribution in [0.15, 0.2) is 60.7 Å². The van der Waals surface area contributed by atoms with Gasteiger partial charge < -0.3 is 5.32 Å². The highest BCUT2D eigenvalue weighted by atomic mass is 32.2. The van der Waals surface area contributed by atoms with Crippen LogP contribution in [0.1, 0.15) is 18.4 Å². The number of hydrogen-bond acceptors (Lipinski definition) is 3. The van der Waals surface area contributed by atoms with Gasteiger partial charge >= 0.3 is 0 Å². The Kier molecular flexibility index (Phi) is 6.37. The summed E-state index contributed by atoms with van der Waals surface area (Å²) in [5.41, 5.74) is 1.65. The molecule has 0 aliphatic heterocycles. The summed E-state index contributed by atoms with van der Waals surface area (Å²) < 4.78 is 25.2. The molecule has 0 unspecified atom stereocenters. The fraction of sp³-hybridized carbons (Fsp3) is 0.278. The number of hydrogen-bond donors (Lipinski definition) is 1. The maximum Gasteiger partial charge on any atom is 0.232 e. The first-order valence-corrected chi connectivity index (χ1v) is 9.65. The lowest BCUT2D eigenvalue weighted by atomic mass is 10.2. The highest BCUT2D eigenvalue weighted by Gasteiger charge is 2.17. The summed E-state index contributed by atoms with van der Waals surface area (Å²) in [6, 6.07) is 18.6. The van der Waals surface area contributed by atoms with Gasteiger partial charge in [-0.15, -0.1) is 0 Å². The molecule has 1 amide bonds. The SMILES string of the molecule is CS(=O)(=O)N(CCCC(=O)NCc1ccccc1)c1ccccc1. The van der Waals surface area contributed by atoms with Gasteiger partial charge in [0.1, 0.15) is 0 Å². The van der Waals surface area contributed by atoms with Gasteiger partial charge in [-0.2, -0.15) is 0 Å². The molecule has 1 N–H and O–H groups in total. The highest BCUT2D eigenvalue weighted by molar-refractivity contribution is 7.92. The minimum atomic E-state index is -3.37. The van der Waals surface area contributed by atoms with E-state index in [4.69, 9.17) is 0 Å². The van der Waals surface area contributed by atoms with Crippen LogP contribution in [0.2, 0.25) is 0 Å². The third kappa shape index (κ3) is 5.70. The molecule has 24 heavy (non-hydrogen) atoms. The van der Waals surface area contributed by atoms with Crippen molar-refractivity contribution in [1.29, 1.82) is 0 Å². The van der Waals surface area contributed by atoms with E-state index in [1.807, 2.05) is 36.4 Å². The average molecular weight is 346 g/mol. The number of benzene rings is 2. The van der Waals surface area contributed by atoms with Crippen LogP contribution < -0.4 is 9.62 Å². The number of para-hydroxylation sites is 1. The Labute approximate surface area is 143 Å². The van der Waals surface area contributed by atoms with Crippen LogP contribution in [0, 0.1) is 0 Å². The van der Waals surface area contributed by atoms with Crippen molar-refractivity contribution in [2.45, 2.75) is 19.4 Å². The lowest BCUT2D eigenvalue weighted by Crippen LogP contribution is -2.32. The van der Waals surface area contributed by atoms with E-state index < -0.39 is 10.0 Å². The summed E-state index contributed by atoms with van der Waals surface area (Å²) in [4.78, 5) is 11.9. The molecule has 0 fully saturated rings. The Balaban J connectivity index is 1.83. The highest BCUT2D eigenvalue weighted by Crippen LogP contribution is 2.17. The quantitative estimate of drug-likeness (QED) is 0.799.